The fourth-order valence-corrected chi connectivity index (χ4v) is 2.95. The highest BCUT2D eigenvalue weighted by molar-refractivity contribution is 6.39. The summed E-state index contributed by atoms with van der Waals surface area (Å²) in [5.74, 6) is -0.823. The van der Waals surface area contributed by atoms with Crippen molar-refractivity contribution in [2.45, 2.75) is 26.7 Å². The summed E-state index contributed by atoms with van der Waals surface area (Å²) in [5, 5.41) is 9.74. The molecule has 1 heterocycles. The average Bonchev–Trinajstić information content (AvgIpc) is 3.06. The summed E-state index contributed by atoms with van der Waals surface area (Å²) >= 11 is 0. The van der Waals surface area contributed by atoms with Crippen molar-refractivity contribution in [2.75, 3.05) is 11.9 Å². The highest BCUT2D eigenvalue weighted by Crippen LogP contribution is 2.17. The summed E-state index contributed by atoms with van der Waals surface area (Å²) in [6, 6.07) is 19.3. The van der Waals surface area contributed by atoms with Gasteiger partial charge in [0, 0.05) is 12.6 Å². The van der Waals surface area contributed by atoms with Crippen LogP contribution in [0.25, 0.3) is 5.69 Å². The fraction of sp³-hybridized carbons (Fsp3) is 0.227. The maximum Gasteiger partial charge on any atom is 0.314 e. The Balaban J connectivity index is 1.63. The predicted octanol–water partition coefficient (Wildman–Crippen LogP) is 3.35. The topological polar surface area (TPSA) is 76.0 Å². The van der Waals surface area contributed by atoms with Gasteiger partial charge in [0.2, 0.25) is 0 Å². The number of anilines is 1. The van der Waals surface area contributed by atoms with Crippen LogP contribution in [0.4, 0.5) is 5.82 Å². The molecule has 3 rings (SSSR count). The maximum atomic E-state index is 12.3. The minimum Gasteiger partial charge on any atom is -0.347 e. The molecular formula is C22H24N4O2. The quantitative estimate of drug-likeness (QED) is 0.671. The lowest BCUT2D eigenvalue weighted by molar-refractivity contribution is -0.136. The number of para-hydroxylation sites is 1. The number of nitrogens with zero attached hydrogens (tertiary/aromatic N) is 2. The number of carbonyl (C=O) groups is 2. The Morgan fingerprint density at radius 2 is 1.75 bits per heavy atom. The van der Waals surface area contributed by atoms with Gasteiger partial charge >= 0.3 is 11.8 Å². The number of aryl methyl sites for hydroxylation is 2. The van der Waals surface area contributed by atoms with Crippen LogP contribution in [0, 0.1) is 13.8 Å². The third-order valence-electron chi connectivity index (χ3n) is 4.46. The van der Waals surface area contributed by atoms with Gasteiger partial charge in [-0.1, -0.05) is 55.0 Å². The van der Waals surface area contributed by atoms with Crippen LogP contribution in [-0.4, -0.2) is 28.1 Å². The molecule has 1 aromatic heterocycles. The molecular weight excluding hydrogens is 352 g/mol. The van der Waals surface area contributed by atoms with E-state index in [9.17, 15) is 9.59 Å². The van der Waals surface area contributed by atoms with E-state index >= 15 is 0 Å². The van der Waals surface area contributed by atoms with E-state index in [0.29, 0.717) is 12.4 Å². The molecule has 0 spiro atoms. The number of benzene rings is 2. The van der Waals surface area contributed by atoms with Gasteiger partial charge in [-0.2, -0.15) is 5.10 Å². The van der Waals surface area contributed by atoms with Crippen molar-refractivity contribution < 1.29 is 9.59 Å². The van der Waals surface area contributed by atoms with E-state index in [1.807, 2.05) is 69.3 Å². The van der Waals surface area contributed by atoms with E-state index in [-0.39, 0.29) is 5.92 Å². The summed E-state index contributed by atoms with van der Waals surface area (Å²) in [4.78, 5) is 24.6. The number of rotatable bonds is 5. The highest BCUT2D eigenvalue weighted by Gasteiger charge is 2.18. The van der Waals surface area contributed by atoms with Crippen LogP contribution in [0.3, 0.4) is 0 Å². The fourth-order valence-electron chi connectivity index (χ4n) is 2.95. The minimum absolute atomic E-state index is 0.105. The van der Waals surface area contributed by atoms with E-state index < -0.39 is 11.8 Å². The van der Waals surface area contributed by atoms with Gasteiger partial charge in [0.1, 0.15) is 5.82 Å². The van der Waals surface area contributed by atoms with Crippen LogP contribution in [0.2, 0.25) is 0 Å². The van der Waals surface area contributed by atoms with Gasteiger partial charge in [-0.3, -0.25) is 9.59 Å². The third kappa shape index (κ3) is 4.65. The van der Waals surface area contributed by atoms with Crippen molar-refractivity contribution in [3.8, 4) is 5.69 Å². The summed E-state index contributed by atoms with van der Waals surface area (Å²) in [7, 11) is 0. The summed E-state index contributed by atoms with van der Waals surface area (Å²) in [6.45, 7) is 6.26. The van der Waals surface area contributed by atoms with Crippen LogP contribution in [0.5, 0.6) is 0 Å². The second kappa shape index (κ2) is 8.52. The van der Waals surface area contributed by atoms with Gasteiger partial charge in [0.15, 0.2) is 0 Å². The standard InChI is InChI=1S/C22H24N4O2/c1-15-8-7-9-18(12-15)16(2)14-23-21(27)22(28)24-20-13-17(3)25-26(20)19-10-5-4-6-11-19/h4-13,16H,14H2,1-3H3,(H,23,27)(H,24,28). The molecule has 0 bridgehead atoms. The molecule has 0 aliphatic carbocycles. The molecule has 2 amide bonds. The molecule has 0 saturated carbocycles. The second-order valence-electron chi connectivity index (χ2n) is 6.90. The lowest BCUT2D eigenvalue weighted by atomic mass is 9.99. The molecule has 0 radical (unpaired) electrons. The number of amides is 2. The van der Waals surface area contributed by atoms with E-state index in [2.05, 4.69) is 21.8 Å². The van der Waals surface area contributed by atoms with Gasteiger partial charge in [0.05, 0.1) is 11.4 Å². The van der Waals surface area contributed by atoms with Crippen molar-refractivity contribution >= 4 is 17.6 Å². The smallest absolute Gasteiger partial charge is 0.314 e. The van der Waals surface area contributed by atoms with Crippen molar-refractivity contribution in [2.24, 2.45) is 0 Å². The van der Waals surface area contributed by atoms with E-state index in [4.69, 9.17) is 0 Å². The number of aromatic nitrogens is 2. The van der Waals surface area contributed by atoms with Gasteiger partial charge in [-0.25, -0.2) is 4.68 Å². The SMILES string of the molecule is Cc1cccc(C(C)CNC(=O)C(=O)Nc2cc(C)nn2-c2ccccc2)c1. The van der Waals surface area contributed by atoms with Crippen molar-refractivity contribution in [1.29, 1.82) is 0 Å². The molecule has 1 atom stereocenters. The van der Waals surface area contributed by atoms with Crippen LogP contribution in [0.1, 0.15) is 29.7 Å². The molecule has 28 heavy (non-hydrogen) atoms. The Morgan fingerprint density at radius 3 is 2.46 bits per heavy atom. The monoisotopic (exact) mass is 376 g/mol. The van der Waals surface area contributed by atoms with E-state index in [1.54, 1.807) is 10.7 Å². The molecule has 0 fully saturated rings. The molecule has 6 heteroatoms. The molecule has 2 aromatic carbocycles. The zero-order chi connectivity index (χ0) is 20.1. The van der Waals surface area contributed by atoms with Crippen molar-refractivity contribution in [3.05, 3.63) is 77.5 Å². The molecule has 6 nitrogen and oxygen atoms in total. The summed E-state index contributed by atoms with van der Waals surface area (Å²) < 4.78 is 1.61. The Hall–Kier alpha value is -3.41. The molecule has 0 saturated heterocycles. The Labute approximate surface area is 164 Å². The first-order valence-corrected chi connectivity index (χ1v) is 9.22. The zero-order valence-corrected chi connectivity index (χ0v) is 16.3. The molecule has 0 aliphatic heterocycles. The largest absolute Gasteiger partial charge is 0.347 e. The van der Waals surface area contributed by atoms with Crippen LogP contribution >= 0.6 is 0 Å². The first-order valence-electron chi connectivity index (χ1n) is 9.22. The second-order valence-corrected chi connectivity index (χ2v) is 6.90. The number of hydrogen-bond donors (Lipinski definition) is 2. The maximum absolute atomic E-state index is 12.3. The normalized spacial score (nSPS) is 11.7. The van der Waals surface area contributed by atoms with Gasteiger partial charge in [-0.15, -0.1) is 0 Å². The molecule has 0 aliphatic rings. The summed E-state index contributed by atoms with van der Waals surface area (Å²) in [6.07, 6.45) is 0. The van der Waals surface area contributed by atoms with E-state index in [1.165, 1.54) is 0 Å². The minimum atomic E-state index is -0.714. The van der Waals surface area contributed by atoms with E-state index in [0.717, 1.165) is 22.5 Å². The third-order valence-corrected chi connectivity index (χ3v) is 4.46. The van der Waals surface area contributed by atoms with Crippen LogP contribution in [0.15, 0.2) is 60.7 Å². The summed E-state index contributed by atoms with van der Waals surface area (Å²) in [5.41, 5.74) is 3.84. The first kappa shape index (κ1) is 19.4. The van der Waals surface area contributed by atoms with Crippen molar-refractivity contribution in [1.82, 2.24) is 15.1 Å². The number of nitrogens with one attached hydrogen (secondary N) is 2. The Morgan fingerprint density at radius 1 is 1.00 bits per heavy atom. The average molecular weight is 376 g/mol. The molecule has 2 N–H and O–H groups in total. The predicted molar refractivity (Wildman–Crippen MR) is 110 cm³/mol. The lowest BCUT2D eigenvalue weighted by Crippen LogP contribution is -2.37. The van der Waals surface area contributed by atoms with Gasteiger partial charge in [0.25, 0.3) is 0 Å². The molecule has 1 unspecified atom stereocenters. The molecule has 144 valence electrons. The number of hydrogen-bond acceptors (Lipinski definition) is 3. The Bertz CT molecular complexity index is 979. The van der Waals surface area contributed by atoms with Crippen LogP contribution < -0.4 is 10.6 Å². The van der Waals surface area contributed by atoms with Crippen LogP contribution in [-0.2, 0) is 9.59 Å². The molecule has 3 aromatic rings. The Kier molecular flexibility index (Phi) is 5.89. The van der Waals surface area contributed by atoms with Gasteiger partial charge < -0.3 is 10.6 Å². The number of carbonyl (C=O) groups excluding carboxylic acids is 2. The first-order chi connectivity index (χ1) is 13.4. The van der Waals surface area contributed by atoms with Crippen molar-refractivity contribution in [3.63, 3.8) is 0 Å². The highest BCUT2D eigenvalue weighted by atomic mass is 16.2. The van der Waals surface area contributed by atoms with Gasteiger partial charge in [-0.05, 0) is 37.5 Å². The lowest BCUT2D eigenvalue weighted by Gasteiger charge is -2.14. The zero-order valence-electron chi connectivity index (χ0n) is 16.3.